The van der Waals surface area contributed by atoms with E-state index >= 15 is 0 Å². The van der Waals surface area contributed by atoms with Crippen LogP contribution in [-0.2, 0) is 22.2 Å². The number of carboxylic acid groups (broad SMARTS) is 1. The number of hydrogen-bond donors (Lipinski definition) is 2. The van der Waals surface area contributed by atoms with Gasteiger partial charge in [-0.1, -0.05) is 19.1 Å². The summed E-state index contributed by atoms with van der Waals surface area (Å²) in [5.74, 6) is -1.98. The fraction of sp³-hybridized carbons (Fsp3) is 0.467. The number of carbonyl (C=O) groups excluding carboxylic acids is 1. The number of benzene rings is 1. The van der Waals surface area contributed by atoms with Crippen LogP contribution in [-0.4, -0.2) is 22.5 Å². The zero-order valence-electron chi connectivity index (χ0n) is 11.9. The van der Waals surface area contributed by atoms with E-state index in [9.17, 15) is 22.8 Å². The summed E-state index contributed by atoms with van der Waals surface area (Å²) in [6, 6.07) is 4.60. The third kappa shape index (κ3) is 3.58. The second-order valence-corrected chi connectivity index (χ2v) is 5.68. The molecule has 1 aliphatic rings. The van der Waals surface area contributed by atoms with Crippen molar-refractivity contribution >= 4 is 11.9 Å². The average Bonchev–Trinajstić information content (AvgIpc) is 3.19. The van der Waals surface area contributed by atoms with E-state index in [1.165, 1.54) is 12.1 Å². The summed E-state index contributed by atoms with van der Waals surface area (Å²) in [5, 5.41) is 11.5. The Labute approximate surface area is 125 Å². The Morgan fingerprint density at radius 3 is 2.23 bits per heavy atom. The van der Waals surface area contributed by atoms with Gasteiger partial charge in [-0.3, -0.25) is 4.79 Å². The Morgan fingerprint density at radius 1 is 1.27 bits per heavy atom. The molecule has 1 aliphatic carbocycles. The van der Waals surface area contributed by atoms with E-state index in [-0.39, 0.29) is 6.42 Å². The SMILES string of the molecule is CC(Cc1ccc(C(F)(F)F)cc1)C(=O)NC1(C(=O)O)CC1. The van der Waals surface area contributed by atoms with Gasteiger partial charge < -0.3 is 10.4 Å². The molecule has 0 radical (unpaired) electrons. The Morgan fingerprint density at radius 2 is 1.82 bits per heavy atom. The maximum absolute atomic E-state index is 12.5. The number of rotatable bonds is 5. The number of halogens is 3. The minimum Gasteiger partial charge on any atom is -0.480 e. The number of hydrogen-bond acceptors (Lipinski definition) is 2. The van der Waals surface area contributed by atoms with Crippen LogP contribution in [0.15, 0.2) is 24.3 Å². The first-order chi connectivity index (χ1) is 10.1. The molecule has 2 N–H and O–H groups in total. The van der Waals surface area contributed by atoms with Crippen LogP contribution < -0.4 is 5.32 Å². The molecule has 120 valence electrons. The van der Waals surface area contributed by atoms with E-state index in [0.29, 0.717) is 18.4 Å². The monoisotopic (exact) mass is 315 g/mol. The summed E-state index contributed by atoms with van der Waals surface area (Å²) in [4.78, 5) is 23.0. The van der Waals surface area contributed by atoms with Crippen LogP contribution in [0.25, 0.3) is 0 Å². The first-order valence-electron chi connectivity index (χ1n) is 6.86. The van der Waals surface area contributed by atoms with Gasteiger partial charge in [-0.05, 0) is 37.0 Å². The molecule has 2 rings (SSSR count). The number of nitrogens with one attached hydrogen (secondary N) is 1. The highest BCUT2D eigenvalue weighted by molar-refractivity contribution is 5.90. The van der Waals surface area contributed by atoms with E-state index in [4.69, 9.17) is 5.11 Å². The molecule has 0 aromatic heterocycles. The van der Waals surface area contributed by atoms with E-state index in [1.54, 1.807) is 6.92 Å². The summed E-state index contributed by atoms with van der Waals surface area (Å²) in [5.41, 5.74) is -1.29. The number of amides is 1. The van der Waals surface area contributed by atoms with Crippen molar-refractivity contribution in [2.45, 2.75) is 37.9 Å². The Balaban J connectivity index is 1.95. The molecule has 1 atom stereocenters. The molecule has 1 fully saturated rings. The molecular weight excluding hydrogens is 299 g/mol. The second-order valence-electron chi connectivity index (χ2n) is 5.68. The molecule has 22 heavy (non-hydrogen) atoms. The van der Waals surface area contributed by atoms with Gasteiger partial charge in [-0.2, -0.15) is 13.2 Å². The van der Waals surface area contributed by atoms with Crippen molar-refractivity contribution in [3.63, 3.8) is 0 Å². The van der Waals surface area contributed by atoms with Crippen LogP contribution in [0.2, 0.25) is 0 Å². The first-order valence-corrected chi connectivity index (χ1v) is 6.86. The largest absolute Gasteiger partial charge is 0.480 e. The lowest BCUT2D eigenvalue weighted by molar-refractivity contribution is -0.143. The number of carboxylic acids is 1. The maximum Gasteiger partial charge on any atom is 0.416 e. The predicted octanol–water partition coefficient (Wildman–Crippen LogP) is 2.62. The molecule has 1 unspecified atom stereocenters. The molecule has 4 nitrogen and oxygen atoms in total. The fourth-order valence-corrected chi connectivity index (χ4v) is 2.15. The zero-order valence-corrected chi connectivity index (χ0v) is 11.9. The van der Waals surface area contributed by atoms with Crippen LogP contribution in [0, 0.1) is 5.92 Å². The van der Waals surface area contributed by atoms with E-state index < -0.39 is 35.1 Å². The highest BCUT2D eigenvalue weighted by Crippen LogP contribution is 2.36. The zero-order chi connectivity index (χ0) is 16.5. The van der Waals surface area contributed by atoms with Crippen LogP contribution in [0.4, 0.5) is 13.2 Å². The average molecular weight is 315 g/mol. The van der Waals surface area contributed by atoms with Gasteiger partial charge in [-0.15, -0.1) is 0 Å². The Bertz CT molecular complexity index is 577. The van der Waals surface area contributed by atoms with Crippen molar-refractivity contribution in [1.29, 1.82) is 0 Å². The van der Waals surface area contributed by atoms with Gasteiger partial charge in [0.05, 0.1) is 5.56 Å². The van der Waals surface area contributed by atoms with Crippen LogP contribution in [0.5, 0.6) is 0 Å². The van der Waals surface area contributed by atoms with Crippen molar-refractivity contribution in [3.8, 4) is 0 Å². The summed E-state index contributed by atoms with van der Waals surface area (Å²) in [7, 11) is 0. The molecule has 1 saturated carbocycles. The second kappa shape index (κ2) is 5.62. The number of alkyl halides is 3. The van der Waals surface area contributed by atoms with Crippen molar-refractivity contribution < 1.29 is 27.9 Å². The molecule has 0 saturated heterocycles. The minimum absolute atomic E-state index is 0.250. The molecule has 0 heterocycles. The molecule has 0 aliphatic heterocycles. The summed E-state index contributed by atoms with van der Waals surface area (Å²) in [6.07, 6.45) is -3.33. The number of carbonyl (C=O) groups is 2. The van der Waals surface area contributed by atoms with Gasteiger partial charge in [-0.25, -0.2) is 4.79 Å². The van der Waals surface area contributed by atoms with Crippen molar-refractivity contribution in [3.05, 3.63) is 35.4 Å². The highest BCUT2D eigenvalue weighted by atomic mass is 19.4. The fourth-order valence-electron chi connectivity index (χ4n) is 2.15. The third-order valence-corrected chi connectivity index (χ3v) is 3.79. The lowest BCUT2D eigenvalue weighted by Gasteiger charge is -2.17. The Kier molecular flexibility index (Phi) is 4.17. The summed E-state index contributed by atoms with van der Waals surface area (Å²) >= 11 is 0. The van der Waals surface area contributed by atoms with Crippen LogP contribution >= 0.6 is 0 Å². The lowest BCUT2D eigenvalue weighted by atomic mass is 9.99. The van der Waals surface area contributed by atoms with Gasteiger partial charge in [0.15, 0.2) is 0 Å². The quantitative estimate of drug-likeness (QED) is 0.878. The minimum atomic E-state index is -4.39. The van der Waals surface area contributed by atoms with E-state index in [0.717, 1.165) is 12.1 Å². The van der Waals surface area contributed by atoms with E-state index in [2.05, 4.69) is 5.32 Å². The van der Waals surface area contributed by atoms with Gasteiger partial charge >= 0.3 is 12.1 Å². The predicted molar refractivity (Wildman–Crippen MR) is 72.1 cm³/mol. The number of aliphatic carboxylic acids is 1. The highest BCUT2D eigenvalue weighted by Gasteiger charge is 2.51. The smallest absolute Gasteiger partial charge is 0.416 e. The van der Waals surface area contributed by atoms with Gasteiger partial charge in [0.25, 0.3) is 0 Å². The van der Waals surface area contributed by atoms with Gasteiger partial charge in [0.1, 0.15) is 5.54 Å². The van der Waals surface area contributed by atoms with Crippen LogP contribution in [0.1, 0.15) is 30.9 Å². The standard InChI is InChI=1S/C15H16F3NO3/c1-9(12(20)19-14(6-7-14)13(21)22)8-10-2-4-11(5-3-10)15(16,17)18/h2-5,9H,6-8H2,1H3,(H,19,20)(H,21,22). The van der Waals surface area contributed by atoms with Crippen molar-refractivity contribution in [2.24, 2.45) is 5.92 Å². The van der Waals surface area contributed by atoms with Gasteiger partial charge in [0, 0.05) is 5.92 Å². The van der Waals surface area contributed by atoms with Crippen molar-refractivity contribution in [1.82, 2.24) is 5.32 Å². The van der Waals surface area contributed by atoms with Crippen LogP contribution in [0.3, 0.4) is 0 Å². The molecule has 0 bridgehead atoms. The molecule has 0 spiro atoms. The lowest BCUT2D eigenvalue weighted by Crippen LogP contribution is -2.45. The topological polar surface area (TPSA) is 66.4 Å². The molecule has 1 aromatic carbocycles. The first kappa shape index (κ1) is 16.3. The summed E-state index contributed by atoms with van der Waals surface area (Å²) < 4.78 is 37.4. The molecule has 7 heteroatoms. The van der Waals surface area contributed by atoms with Crippen molar-refractivity contribution in [2.75, 3.05) is 0 Å². The Hall–Kier alpha value is -2.05. The maximum atomic E-state index is 12.5. The summed E-state index contributed by atoms with van der Waals surface area (Å²) in [6.45, 7) is 1.62. The molecule has 1 amide bonds. The van der Waals surface area contributed by atoms with E-state index in [1.807, 2.05) is 0 Å². The normalized spacial score (nSPS) is 17.6. The van der Waals surface area contributed by atoms with Gasteiger partial charge in [0.2, 0.25) is 5.91 Å². The third-order valence-electron chi connectivity index (χ3n) is 3.79. The molecular formula is C15H16F3NO3. The molecule has 1 aromatic rings.